The molecule has 0 saturated carbocycles. The summed E-state index contributed by atoms with van der Waals surface area (Å²) in [5.41, 5.74) is 2.75. The van der Waals surface area contributed by atoms with Crippen molar-refractivity contribution < 1.29 is 14.0 Å². The van der Waals surface area contributed by atoms with E-state index in [-0.39, 0.29) is 17.7 Å². The van der Waals surface area contributed by atoms with E-state index in [1.165, 1.54) is 4.90 Å². The maximum atomic E-state index is 12.7. The molecule has 1 aliphatic heterocycles. The summed E-state index contributed by atoms with van der Waals surface area (Å²) in [6, 6.07) is 17.0. The third-order valence-corrected chi connectivity index (χ3v) is 6.52. The van der Waals surface area contributed by atoms with E-state index in [1.54, 1.807) is 12.1 Å². The van der Waals surface area contributed by atoms with Gasteiger partial charge in [-0.05, 0) is 82.7 Å². The molecule has 0 aliphatic carbocycles. The lowest BCUT2D eigenvalue weighted by molar-refractivity contribution is -0.123. The van der Waals surface area contributed by atoms with Crippen LogP contribution < -0.4 is 0 Å². The lowest BCUT2D eigenvalue weighted by atomic mass is 10.1. The Morgan fingerprint density at radius 3 is 2.59 bits per heavy atom. The van der Waals surface area contributed by atoms with Crippen LogP contribution in [-0.2, 0) is 11.3 Å². The first-order valence-electron chi connectivity index (χ1n) is 8.77. The Bertz CT molecular complexity index is 1140. The summed E-state index contributed by atoms with van der Waals surface area (Å²) < 4.78 is 6.95. The number of furan rings is 1. The third kappa shape index (κ3) is 4.44. The third-order valence-electron chi connectivity index (χ3n) is 4.48. The number of rotatable bonds is 4. The number of carbonyl (C=O) groups excluding carboxylic acids is 2. The van der Waals surface area contributed by atoms with E-state index in [4.69, 9.17) is 16.0 Å². The molecule has 0 spiro atoms. The van der Waals surface area contributed by atoms with E-state index in [9.17, 15) is 9.59 Å². The summed E-state index contributed by atoms with van der Waals surface area (Å²) in [5.74, 6) is 0.850. The summed E-state index contributed by atoms with van der Waals surface area (Å²) >= 11 is 9.33. The number of halogens is 2. The Morgan fingerprint density at radius 2 is 1.86 bits per heavy atom. The van der Waals surface area contributed by atoms with Gasteiger partial charge in [0.05, 0.1) is 11.4 Å². The number of hydrogen-bond donors (Lipinski definition) is 0. The minimum atomic E-state index is -0.310. The zero-order valence-electron chi connectivity index (χ0n) is 15.3. The molecule has 1 aromatic heterocycles. The first-order valence-corrected chi connectivity index (χ1v) is 11.0. The van der Waals surface area contributed by atoms with Crippen molar-refractivity contribution in [1.82, 2.24) is 4.90 Å². The van der Waals surface area contributed by atoms with Gasteiger partial charge in [0, 0.05) is 20.2 Å². The van der Waals surface area contributed by atoms with Gasteiger partial charge in [-0.25, -0.2) is 0 Å². The number of nitrogens with zero attached hydrogens (tertiary/aromatic N) is 1. The average molecular weight is 536 g/mol. The van der Waals surface area contributed by atoms with E-state index in [0.717, 1.165) is 32.0 Å². The minimum absolute atomic E-state index is 0.254. The van der Waals surface area contributed by atoms with Gasteiger partial charge in [0.2, 0.25) is 0 Å². The molecule has 1 fully saturated rings. The number of imide groups is 1. The van der Waals surface area contributed by atoms with E-state index in [0.29, 0.717) is 21.4 Å². The van der Waals surface area contributed by atoms with Crippen LogP contribution in [0.25, 0.3) is 17.4 Å². The second-order valence-corrected chi connectivity index (χ2v) is 9.21. The van der Waals surface area contributed by atoms with Crippen molar-refractivity contribution in [3.63, 3.8) is 0 Å². The molecule has 1 saturated heterocycles. The molecule has 0 atom stereocenters. The zero-order chi connectivity index (χ0) is 20.5. The van der Waals surface area contributed by atoms with Crippen molar-refractivity contribution in [2.24, 2.45) is 0 Å². The van der Waals surface area contributed by atoms with Gasteiger partial charge in [-0.3, -0.25) is 14.5 Å². The molecule has 0 unspecified atom stereocenters. The SMILES string of the molecule is Cc1ccc(-c2ccc(/C=C3\SC(=O)N(Cc4ccc(I)cc4)C3=O)o2)cc1Cl. The molecule has 2 amide bonds. The van der Waals surface area contributed by atoms with Gasteiger partial charge in [0.25, 0.3) is 11.1 Å². The second kappa shape index (κ2) is 8.38. The minimum Gasteiger partial charge on any atom is -0.457 e. The molecular formula is C22H15ClINO3S. The van der Waals surface area contributed by atoms with Crippen LogP contribution in [0.1, 0.15) is 16.9 Å². The van der Waals surface area contributed by atoms with Crippen molar-refractivity contribution in [1.29, 1.82) is 0 Å². The molecule has 0 bridgehead atoms. The van der Waals surface area contributed by atoms with Crippen LogP contribution in [0.5, 0.6) is 0 Å². The average Bonchev–Trinajstić information content (AvgIpc) is 3.26. The van der Waals surface area contributed by atoms with Crippen LogP contribution in [0.4, 0.5) is 4.79 Å². The molecule has 0 N–H and O–H groups in total. The van der Waals surface area contributed by atoms with E-state index in [2.05, 4.69) is 22.6 Å². The van der Waals surface area contributed by atoms with Crippen LogP contribution >= 0.6 is 46.0 Å². The largest absolute Gasteiger partial charge is 0.457 e. The predicted octanol–water partition coefficient (Wildman–Crippen LogP) is 6.75. The predicted molar refractivity (Wildman–Crippen MR) is 125 cm³/mol. The molecule has 4 nitrogen and oxygen atoms in total. The van der Waals surface area contributed by atoms with Crippen LogP contribution in [0.3, 0.4) is 0 Å². The highest BCUT2D eigenvalue weighted by atomic mass is 127. The highest BCUT2D eigenvalue weighted by Gasteiger charge is 2.35. The molecule has 146 valence electrons. The zero-order valence-corrected chi connectivity index (χ0v) is 19.0. The van der Waals surface area contributed by atoms with Crippen LogP contribution in [0.15, 0.2) is 63.9 Å². The number of benzene rings is 2. The van der Waals surface area contributed by atoms with Gasteiger partial charge in [0.15, 0.2) is 0 Å². The van der Waals surface area contributed by atoms with Gasteiger partial charge in [-0.15, -0.1) is 0 Å². The summed E-state index contributed by atoms with van der Waals surface area (Å²) in [4.78, 5) is 26.6. The van der Waals surface area contributed by atoms with E-state index >= 15 is 0 Å². The first-order chi connectivity index (χ1) is 13.9. The lowest BCUT2D eigenvalue weighted by Crippen LogP contribution is -2.27. The first kappa shape index (κ1) is 20.3. The van der Waals surface area contributed by atoms with Gasteiger partial charge < -0.3 is 4.42 Å². The number of aryl methyl sites for hydroxylation is 1. The molecule has 7 heteroatoms. The molecule has 2 heterocycles. The molecule has 3 aromatic rings. The molecular weight excluding hydrogens is 521 g/mol. The number of thioether (sulfide) groups is 1. The standard InChI is InChI=1S/C22H15ClINO3S/c1-13-2-5-15(10-18(13)23)19-9-8-17(28-19)11-20-21(26)25(22(27)29-20)12-14-3-6-16(24)7-4-14/h2-11H,12H2,1H3/b20-11-. The smallest absolute Gasteiger partial charge is 0.293 e. The van der Waals surface area contributed by atoms with Crippen molar-refractivity contribution in [2.75, 3.05) is 0 Å². The molecule has 1 aliphatic rings. The molecule has 2 aromatic carbocycles. The summed E-state index contributed by atoms with van der Waals surface area (Å²) in [6.07, 6.45) is 1.61. The number of hydrogen-bond acceptors (Lipinski definition) is 4. The number of carbonyl (C=O) groups is 2. The Labute approximate surface area is 191 Å². The van der Waals surface area contributed by atoms with Crippen LogP contribution in [0, 0.1) is 10.5 Å². The van der Waals surface area contributed by atoms with Gasteiger partial charge in [0.1, 0.15) is 11.5 Å². The Morgan fingerprint density at radius 1 is 1.10 bits per heavy atom. The maximum absolute atomic E-state index is 12.7. The van der Waals surface area contributed by atoms with Crippen molar-refractivity contribution in [3.05, 3.63) is 85.0 Å². The fraction of sp³-hybridized carbons (Fsp3) is 0.0909. The van der Waals surface area contributed by atoms with E-state index < -0.39 is 0 Å². The Balaban J connectivity index is 1.53. The highest BCUT2D eigenvalue weighted by molar-refractivity contribution is 14.1. The van der Waals surface area contributed by atoms with Crippen LogP contribution in [0.2, 0.25) is 5.02 Å². The van der Waals surface area contributed by atoms with Crippen molar-refractivity contribution in [2.45, 2.75) is 13.5 Å². The monoisotopic (exact) mass is 535 g/mol. The van der Waals surface area contributed by atoms with Gasteiger partial charge in [-0.2, -0.15) is 0 Å². The Hall–Kier alpha value is -2.03. The quantitative estimate of drug-likeness (QED) is 0.274. The topological polar surface area (TPSA) is 50.5 Å². The van der Waals surface area contributed by atoms with Gasteiger partial charge in [-0.1, -0.05) is 35.9 Å². The van der Waals surface area contributed by atoms with Crippen LogP contribution in [-0.4, -0.2) is 16.0 Å². The fourth-order valence-electron chi connectivity index (χ4n) is 2.87. The Kier molecular flexibility index (Phi) is 5.85. The lowest BCUT2D eigenvalue weighted by Gasteiger charge is -2.12. The summed E-state index contributed by atoms with van der Waals surface area (Å²) in [6.45, 7) is 2.19. The van der Waals surface area contributed by atoms with Crippen molar-refractivity contribution >= 4 is 63.2 Å². The fourth-order valence-corrected chi connectivity index (χ4v) is 4.23. The molecule has 29 heavy (non-hydrogen) atoms. The van der Waals surface area contributed by atoms with Gasteiger partial charge >= 0.3 is 0 Å². The maximum Gasteiger partial charge on any atom is 0.293 e. The summed E-state index contributed by atoms with van der Waals surface area (Å²) in [7, 11) is 0. The van der Waals surface area contributed by atoms with Crippen molar-refractivity contribution in [3.8, 4) is 11.3 Å². The summed E-state index contributed by atoms with van der Waals surface area (Å²) in [5, 5.41) is 0.383. The molecule has 0 radical (unpaired) electrons. The normalized spacial score (nSPS) is 15.6. The van der Waals surface area contributed by atoms with E-state index in [1.807, 2.05) is 55.5 Å². The molecule has 4 rings (SSSR count). The highest BCUT2D eigenvalue weighted by Crippen LogP contribution is 2.34. The number of amides is 2. The second-order valence-electron chi connectivity index (χ2n) is 6.56.